The minimum absolute atomic E-state index is 0.211. The van der Waals surface area contributed by atoms with Crippen LogP contribution in [0.3, 0.4) is 0 Å². The van der Waals surface area contributed by atoms with Crippen LogP contribution in [0.15, 0.2) is 24.5 Å². The van der Waals surface area contributed by atoms with E-state index in [1.807, 2.05) is 26.0 Å². The Labute approximate surface area is 110 Å². The fraction of sp³-hybridized carbons (Fsp3) is 0.167. The van der Waals surface area contributed by atoms with Crippen LogP contribution in [0.1, 0.15) is 17.1 Å². The molecule has 2 heterocycles. The molecular weight excluding hydrogens is 246 g/mol. The molecule has 0 radical (unpaired) electrons. The van der Waals surface area contributed by atoms with Crippen molar-refractivity contribution in [1.29, 1.82) is 0 Å². The molecule has 3 N–H and O–H groups in total. The van der Waals surface area contributed by atoms with E-state index in [0.717, 1.165) is 17.1 Å². The summed E-state index contributed by atoms with van der Waals surface area (Å²) in [6.45, 7) is 3.87. The van der Waals surface area contributed by atoms with E-state index in [-0.39, 0.29) is 4.99 Å². The van der Waals surface area contributed by atoms with E-state index in [1.54, 1.807) is 12.4 Å². The van der Waals surface area contributed by atoms with Crippen LogP contribution in [-0.2, 0) is 0 Å². The van der Waals surface area contributed by atoms with E-state index in [2.05, 4.69) is 20.3 Å². The van der Waals surface area contributed by atoms with Crippen molar-refractivity contribution in [3.63, 3.8) is 0 Å². The topological polar surface area (TPSA) is 76.7 Å². The molecule has 18 heavy (non-hydrogen) atoms. The largest absolute Gasteiger partial charge is 0.388 e. The van der Waals surface area contributed by atoms with E-state index in [0.29, 0.717) is 11.5 Å². The Morgan fingerprint density at radius 1 is 1.22 bits per heavy atom. The molecule has 0 bridgehead atoms. The average molecular weight is 259 g/mol. The SMILES string of the molecule is Cc1ccc(Nc2nccnc2C(N)=S)c(C)n1. The van der Waals surface area contributed by atoms with Crippen LogP contribution < -0.4 is 11.1 Å². The van der Waals surface area contributed by atoms with Gasteiger partial charge in [0.2, 0.25) is 0 Å². The van der Waals surface area contributed by atoms with Crippen LogP contribution in [0.5, 0.6) is 0 Å². The monoisotopic (exact) mass is 259 g/mol. The van der Waals surface area contributed by atoms with Gasteiger partial charge in [-0.3, -0.25) is 4.98 Å². The quantitative estimate of drug-likeness (QED) is 0.819. The van der Waals surface area contributed by atoms with Gasteiger partial charge in [-0.15, -0.1) is 0 Å². The fourth-order valence-corrected chi connectivity index (χ4v) is 1.71. The van der Waals surface area contributed by atoms with Gasteiger partial charge in [-0.05, 0) is 26.0 Å². The van der Waals surface area contributed by atoms with Crippen molar-refractivity contribution in [3.05, 3.63) is 41.6 Å². The Balaban J connectivity index is 2.37. The van der Waals surface area contributed by atoms with E-state index in [1.165, 1.54) is 0 Å². The molecule has 0 aromatic carbocycles. The van der Waals surface area contributed by atoms with Crippen LogP contribution in [-0.4, -0.2) is 19.9 Å². The Morgan fingerprint density at radius 3 is 2.61 bits per heavy atom. The fourth-order valence-electron chi connectivity index (χ4n) is 1.56. The molecular formula is C12H13N5S. The summed E-state index contributed by atoms with van der Waals surface area (Å²) in [6.07, 6.45) is 3.14. The summed E-state index contributed by atoms with van der Waals surface area (Å²) in [6, 6.07) is 3.86. The Morgan fingerprint density at radius 2 is 1.94 bits per heavy atom. The molecule has 0 aliphatic rings. The highest BCUT2D eigenvalue weighted by Crippen LogP contribution is 2.19. The molecule has 0 aliphatic carbocycles. The van der Waals surface area contributed by atoms with E-state index >= 15 is 0 Å². The lowest BCUT2D eigenvalue weighted by molar-refractivity contribution is 1.11. The van der Waals surface area contributed by atoms with Crippen molar-refractivity contribution < 1.29 is 0 Å². The molecule has 0 saturated heterocycles. The van der Waals surface area contributed by atoms with Gasteiger partial charge in [-0.1, -0.05) is 12.2 Å². The van der Waals surface area contributed by atoms with Crippen molar-refractivity contribution in [2.45, 2.75) is 13.8 Å². The molecule has 0 saturated carbocycles. The number of rotatable bonds is 3. The van der Waals surface area contributed by atoms with Crippen LogP contribution in [0.25, 0.3) is 0 Å². The zero-order valence-corrected chi connectivity index (χ0v) is 11.0. The highest BCUT2D eigenvalue weighted by Gasteiger charge is 2.09. The molecule has 5 nitrogen and oxygen atoms in total. The third-order valence-corrected chi connectivity index (χ3v) is 2.60. The summed E-state index contributed by atoms with van der Waals surface area (Å²) in [7, 11) is 0. The lowest BCUT2D eigenvalue weighted by atomic mass is 10.2. The summed E-state index contributed by atoms with van der Waals surface area (Å²) in [5.74, 6) is 0.541. The lowest BCUT2D eigenvalue weighted by Crippen LogP contribution is -2.15. The molecule has 6 heteroatoms. The minimum atomic E-state index is 0.211. The van der Waals surface area contributed by atoms with Crippen LogP contribution >= 0.6 is 12.2 Å². The zero-order chi connectivity index (χ0) is 13.1. The summed E-state index contributed by atoms with van der Waals surface area (Å²) in [4.78, 5) is 12.9. The van der Waals surface area contributed by atoms with Gasteiger partial charge in [0.15, 0.2) is 5.82 Å². The number of thiocarbonyl (C=S) groups is 1. The number of nitrogens with zero attached hydrogens (tertiary/aromatic N) is 3. The molecule has 0 atom stereocenters. The van der Waals surface area contributed by atoms with Gasteiger partial charge in [0.05, 0.1) is 11.4 Å². The van der Waals surface area contributed by atoms with Crippen molar-refractivity contribution >= 4 is 28.7 Å². The number of hydrogen-bond acceptors (Lipinski definition) is 5. The Kier molecular flexibility index (Phi) is 3.47. The maximum absolute atomic E-state index is 5.60. The normalized spacial score (nSPS) is 10.1. The molecule has 2 rings (SSSR count). The molecule has 2 aromatic heterocycles. The smallest absolute Gasteiger partial charge is 0.159 e. The molecule has 92 valence electrons. The standard InChI is InChI=1S/C12H13N5S/c1-7-3-4-9(8(2)16-7)17-12-10(11(13)18)14-5-6-15-12/h3-6H,1-2H3,(H2,13,18)(H,15,17). The van der Waals surface area contributed by atoms with Crippen molar-refractivity contribution in [3.8, 4) is 0 Å². The first kappa shape index (κ1) is 12.4. The highest BCUT2D eigenvalue weighted by molar-refractivity contribution is 7.80. The first-order valence-corrected chi connectivity index (χ1v) is 5.81. The molecule has 0 fully saturated rings. The van der Waals surface area contributed by atoms with Gasteiger partial charge in [-0.25, -0.2) is 9.97 Å². The van der Waals surface area contributed by atoms with Crippen LogP contribution in [0, 0.1) is 13.8 Å². The number of nitrogens with one attached hydrogen (secondary N) is 1. The van der Waals surface area contributed by atoms with Crippen molar-refractivity contribution in [1.82, 2.24) is 15.0 Å². The molecule has 0 unspecified atom stereocenters. The second-order valence-electron chi connectivity index (χ2n) is 3.83. The van der Waals surface area contributed by atoms with E-state index < -0.39 is 0 Å². The first-order chi connectivity index (χ1) is 8.58. The molecule has 0 amide bonds. The predicted octanol–water partition coefficient (Wildman–Crippen LogP) is 1.87. The third kappa shape index (κ3) is 2.60. The Hall–Kier alpha value is -2.08. The zero-order valence-electron chi connectivity index (χ0n) is 10.1. The first-order valence-electron chi connectivity index (χ1n) is 5.40. The number of pyridine rings is 1. The van der Waals surface area contributed by atoms with Gasteiger partial charge in [0.1, 0.15) is 10.7 Å². The maximum Gasteiger partial charge on any atom is 0.159 e. The van der Waals surface area contributed by atoms with Gasteiger partial charge >= 0.3 is 0 Å². The number of aromatic nitrogens is 3. The lowest BCUT2D eigenvalue weighted by Gasteiger charge is -2.11. The summed E-state index contributed by atoms with van der Waals surface area (Å²) in [5, 5.41) is 3.15. The number of hydrogen-bond donors (Lipinski definition) is 2. The van der Waals surface area contributed by atoms with E-state index in [9.17, 15) is 0 Å². The maximum atomic E-state index is 5.60. The minimum Gasteiger partial charge on any atom is -0.388 e. The average Bonchev–Trinajstić information content (AvgIpc) is 2.33. The number of nitrogens with two attached hydrogens (primary N) is 1. The van der Waals surface area contributed by atoms with Crippen molar-refractivity contribution in [2.75, 3.05) is 5.32 Å². The van der Waals surface area contributed by atoms with Crippen LogP contribution in [0.4, 0.5) is 11.5 Å². The molecule has 0 aliphatic heterocycles. The predicted molar refractivity (Wildman–Crippen MR) is 74.9 cm³/mol. The van der Waals surface area contributed by atoms with Gasteiger partial charge in [0, 0.05) is 18.1 Å². The summed E-state index contributed by atoms with van der Waals surface area (Å²) >= 11 is 4.94. The van der Waals surface area contributed by atoms with Crippen LogP contribution in [0.2, 0.25) is 0 Å². The second kappa shape index (κ2) is 5.05. The van der Waals surface area contributed by atoms with E-state index in [4.69, 9.17) is 18.0 Å². The third-order valence-electron chi connectivity index (χ3n) is 2.41. The van der Waals surface area contributed by atoms with Gasteiger partial charge in [-0.2, -0.15) is 0 Å². The molecule has 2 aromatic rings. The second-order valence-corrected chi connectivity index (χ2v) is 4.27. The van der Waals surface area contributed by atoms with Gasteiger partial charge < -0.3 is 11.1 Å². The van der Waals surface area contributed by atoms with Crippen molar-refractivity contribution in [2.24, 2.45) is 5.73 Å². The Bertz CT molecular complexity index is 597. The van der Waals surface area contributed by atoms with Gasteiger partial charge in [0.25, 0.3) is 0 Å². The highest BCUT2D eigenvalue weighted by atomic mass is 32.1. The summed E-state index contributed by atoms with van der Waals surface area (Å²) < 4.78 is 0. The summed E-state index contributed by atoms with van der Waals surface area (Å²) in [5.41, 5.74) is 8.79. The number of aryl methyl sites for hydroxylation is 2. The molecule has 0 spiro atoms. The number of anilines is 2.